The highest BCUT2D eigenvalue weighted by atomic mass is 32.1. The van der Waals surface area contributed by atoms with Crippen molar-refractivity contribution in [1.29, 1.82) is 0 Å². The third-order valence-corrected chi connectivity index (χ3v) is 7.47. The zero-order valence-corrected chi connectivity index (χ0v) is 20.2. The number of rotatable bonds is 5. The number of esters is 1. The van der Waals surface area contributed by atoms with Crippen LogP contribution in [-0.2, 0) is 14.3 Å². The molecule has 0 radical (unpaired) electrons. The van der Waals surface area contributed by atoms with E-state index in [0.717, 1.165) is 36.0 Å². The number of piperidine rings is 1. The van der Waals surface area contributed by atoms with E-state index in [1.807, 2.05) is 36.1 Å². The summed E-state index contributed by atoms with van der Waals surface area (Å²) in [6.45, 7) is 5.68. The van der Waals surface area contributed by atoms with Crippen molar-refractivity contribution in [2.24, 2.45) is 5.92 Å². The molecule has 1 atom stereocenters. The van der Waals surface area contributed by atoms with Gasteiger partial charge in [0.1, 0.15) is 5.82 Å². The zero-order chi connectivity index (χ0) is 23.5. The number of morpholine rings is 1. The third kappa shape index (κ3) is 4.52. The highest BCUT2D eigenvalue weighted by Crippen LogP contribution is 2.35. The quantitative estimate of drug-likeness (QED) is 0.511. The summed E-state index contributed by atoms with van der Waals surface area (Å²) >= 11 is 1.69. The summed E-state index contributed by atoms with van der Waals surface area (Å²) in [4.78, 5) is 35.0. The van der Waals surface area contributed by atoms with Crippen molar-refractivity contribution in [3.05, 3.63) is 47.3 Å². The Balaban J connectivity index is 1.54. The predicted molar refractivity (Wildman–Crippen MR) is 133 cm³/mol. The minimum Gasteiger partial charge on any atom is -0.466 e. The number of ether oxygens (including phenoxy) is 2. The average molecular weight is 480 g/mol. The molecule has 2 aliphatic rings. The summed E-state index contributed by atoms with van der Waals surface area (Å²) in [5.74, 6) is 0.227. The molecular weight excluding hydrogens is 450 g/mol. The van der Waals surface area contributed by atoms with E-state index in [-0.39, 0.29) is 17.8 Å². The first-order valence-electron chi connectivity index (χ1n) is 11.9. The van der Waals surface area contributed by atoms with Crippen molar-refractivity contribution in [3.8, 4) is 11.3 Å². The van der Waals surface area contributed by atoms with Crippen LogP contribution >= 0.6 is 11.3 Å². The van der Waals surface area contributed by atoms with E-state index in [0.29, 0.717) is 50.8 Å². The number of hydrogen-bond donors (Lipinski definition) is 0. The minimum atomic E-state index is -0.215. The van der Waals surface area contributed by atoms with E-state index in [2.05, 4.69) is 22.4 Å². The second-order valence-corrected chi connectivity index (χ2v) is 9.57. The standard InChI is InChI=1S/C26H29N3O4S/c1-2-33-26(31)18-6-5-11-29(16-18)24-20(25(30)28-12-14-32-15-13-28)9-10-22(27-24)21-17-34-23-8-4-3-7-19(21)23/h3-4,7-10,17-18H,2,5-6,11-16H2,1H3. The Morgan fingerprint density at radius 2 is 1.97 bits per heavy atom. The average Bonchev–Trinajstić information content (AvgIpc) is 3.33. The molecule has 34 heavy (non-hydrogen) atoms. The van der Waals surface area contributed by atoms with Gasteiger partial charge in [0.2, 0.25) is 0 Å². The number of aromatic nitrogens is 1. The molecule has 1 aromatic carbocycles. The van der Waals surface area contributed by atoms with Crippen LogP contribution in [0.1, 0.15) is 30.1 Å². The highest BCUT2D eigenvalue weighted by Gasteiger charge is 2.31. The normalized spacial score (nSPS) is 18.8. The molecule has 5 rings (SSSR count). The van der Waals surface area contributed by atoms with Crippen LogP contribution in [0.3, 0.4) is 0 Å². The van der Waals surface area contributed by atoms with Crippen molar-refractivity contribution in [2.75, 3.05) is 50.9 Å². The van der Waals surface area contributed by atoms with Gasteiger partial charge >= 0.3 is 5.97 Å². The van der Waals surface area contributed by atoms with Crippen molar-refractivity contribution in [2.45, 2.75) is 19.8 Å². The first kappa shape index (κ1) is 22.8. The van der Waals surface area contributed by atoms with Crippen LogP contribution in [-0.4, -0.2) is 67.8 Å². The van der Waals surface area contributed by atoms with Crippen LogP contribution in [0.2, 0.25) is 0 Å². The Bertz CT molecular complexity index is 1190. The number of amides is 1. The number of nitrogens with zero attached hydrogens (tertiary/aromatic N) is 3. The van der Waals surface area contributed by atoms with Gasteiger partial charge in [-0.05, 0) is 38.0 Å². The number of fused-ring (bicyclic) bond motifs is 1. The lowest BCUT2D eigenvalue weighted by molar-refractivity contribution is -0.148. The van der Waals surface area contributed by atoms with Crippen LogP contribution in [0.4, 0.5) is 5.82 Å². The van der Waals surface area contributed by atoms with Crippen molar-refractivity contribution < 1.29 is 19.1 Å². The molecule has 1 unspecified atom stereocenters. The number of benzene rings is 1. The van der Waals surface area contributed by atoms with Gasteiger partial charge in [0.25, 0.3) is 5.91 Å². The van der Waals surface area contributed by atoms with Crippen LogP contribution in [0.15, 0.2) is 41.8 Å². The fraction of sp³-hybridized carbons (Fsp3) is 0.423. The van der Waals surface area contributed by atoms with Crippen LogP contribution in [0, 0.1) is 5.92 Å². The van der Waals surface area contributed by atoms with E-state index >= 15 is 0 Å². The number of thiophene rings is 1. The maximum absolute atomic E-state index is 13.5. The fourth-order valence-corrected chi connectivity index (χ4v) is 5.70. The van der Waals surface area contributed by atoms with Crippen molar-refractivity contribution >= 4 is 39.1 Å². The third-order valence-electron chi connectivity index (χ3n) is 6.50. The highest BCUT2D eigenvalue weighted by molar-refractivity contribution is 7.17. The van der Waals surface area contributed by atoms with E-state index < -0.39 is 0 Å². The monoisotopic (exact) mass is 479 g/mol. The maximum atomic E-state index is 13.5. The van der Waals surface area contributed by atoms with Crippen LogP contribution < -0.4 is 4.90 Å². The van der Waals surface area contributed by atoms with Gasteiger partial charge in [-0.3, -0.25) is 9.59 Å². The number of carbonyl (C=O) groups excluding carboxylic acids is 2. The molecule has 3 aromatic rings. The number of anilines is 1. The van der Waals surface area contributed by atoms with Crippen LogP contribution in [0.25, 0.3) is 21.3 Å². The molecule has 2 fully saturated rings. The van der Waals surface area contributed by atoms with Crippen molar-refractivity contribution in [1.82, 2.24) is 9.88 Å². The minimum absolute atomic E-state index is 0.0363. The molecule has 2 aromatic heterocycles. The molecule has 4 heterocycles. The summed E-state index contributed by atoms with van der Waals surface area (Å²) in [6, 6.07) is 12.1. The van der Waals surface area contributed by atoms with E-state index in [9.17, 15) is 9.59 Å². The molecule has 178 valence electrons. The molecular formula is C26H29N3O4S. The molecule has 1 amide bonds. The molecule has 0 aliphatic carbocycles. The molecule has 0 saturated carbocycles. The van der Waals surface area contributed by atoms with Gasteiger partial charge in [-0.25, -0.2) is 4.98 Å². The largest absolute Gasteiger partial charge is 0.466 e. The van der Waals surface area contributed by atoms with Gasteiger partial charge in [0.05, 0.1) is 37.0 Å². The molecule has 2 aliphatic heterocycles. The van der Waals surface area contributed by atoms with E-state index in [4.69, 9.17) is 14.5 Å². The van der Waals surface area contributed by atoms with Crippen LogP contribution in [0.5, 0.6) is 0 Å². The molecule has 7 nitrogen and oxygen atoms in total. The maximum Gasteiger partial charge on any atom is 0.310 e. The first-order valence-corrected chi connectivity index (χ1v) is 12.8. The Morgan fingerprint density at radius 3 is 2.79 bits per heavy atom. The zero-order valence-electron chi connectivity index (χ0n) is 19.4. The van der Waals surface area contributed by atoms with Gasteiger partial charge in [-0.1, -0.05) is 18.2 Å². The molecule has 8 heteroatoms. The smallest absolute Gasteiger partial charge is 0.310 e. The Kier molecular flexibility index (Phi) is 6.78. The van der Waals surface area contributed by atoms with E-state index in [1.54, 1.807) is 11.3 Å². The molecule has 0 bridgehead atoms. The summed E-state index contributed by atoms with van der Waals surface area (Å²) in [6.07, 6.45) is 1.64. The number of hydrogen-bond acceptors (Lipinski definition) is 7. The topological polar surface area (TPSA) is 72.0 Å². The molecule has 0 spiro atoms. The Labute approximate surface area is 203 Å². The summed E-state index contributed by atoms with van der Waals surface area (Å²) in [5.41, 5.74) is 2.48. The fourth-order valence-electron chi connectivity index (χ4n) is 4.74. The van der Waals surface area contributed by atoms with Gasteiger partial charge in [0, 0.05) is 47.2 Å². The Morgan fingerprint density at radius 1 is 1.15 bits per heavy atom. The SMILES string of the molecule is CCOC(=O)C1CCCN(c2nc(-c3csc4ccccc34)ccc2C(=O)N2CCOCC2)C1. The number of pyridine rings is 1. The van der Waals surface area contributed by atoms with Gasteiger partial charge in [-0.2, -0.15) is 0 Å². The first-order chi connectivity index (χ1) is 16.7. The van der Waals surface area contributed by atoms with Crippen molar-refractivity contribution in [3.63, 3.8) is 0 Å². The lowest BCUT2D eigenvalue weighted by atomic mass is 9.97. The van der Waals surface area contributed by atoms with Gasteiger partial charge in [-0.15, -0.1) is 11.3 Å². The second kappa shape index (κ2) is 10.1. The summed E-state index contributed by atoms with van der Waals surface area (Å²) in [7, 11) is 0. The lowest BCUT2D eigenvalue weighted by Gasteiger charge is -2.34. The number of carbonyl (C=O) groups is 2. The van der Waals surface area contributed by atoms with E-state index in [1.165, 1.54) is 4.70 Å². The molecule has 2 saturated heterocycles. The lowest BCUT2D eigenvalue weighted by Crippen LogP contribution is -2.43. The second-order valence-electron chi connectivity index (χ2n) is 8.65. The molecule has 0 N–H and O–H groups in total. The summed E-state index contributed by atoms with van der Waals surface area (Å²) < 4.78 is 11.9. The van der Waals surface area contributed by atoms with Gasteiger partial charge in [0.15, 0.2) is 0 Å². The summed E-state index contributed by atoms with van der Waals surface area (Å²) in [5, 5.41) is 3.28. The Hall–Kier alpha value is -2.97. The predicted octanol–water partition coefficient (Wildman–Crippen LogP) is 4.22. The van der Waals surface area contributed by atoms with Gasteiger partial charge < -0.3 is 19.3 Å².